The van der Waals surface area contributed by atoms with E-state index in [-0.39, 0.29) is 74.2 Å². The Balaban J connectivity index is 1.87. The molecule has 11 nitrogen and oxygen atoms in total. The van der Waals surface area contributed by atoms with Gasteiger partial charge in [-0.15, -0.1) is 0 Å². The Morgan fingerprint density at radius 1 is 0.906 bits per heavy atom. The third-order valence-electron chi connectivity index (χ3n) is 5.94. The van der Waals surface area contributed by atoms with Crippen LogP contribution < -0.4 is 16.0 Å². The van der Waals surface area contributed by atoms with Crippen molar-refractivity contribution in [2.24, 2.45) is 0 Å². The topological polar surface area (TPSA) is 182 Å². The fraction of sp³-hybridized carbons (Fsp3) is 0.750. The van der Waals surface area contributed by atoms with Crippen LogP contribution in [0, 0.1) is 0 Å². The van der Waals surface area contributed by atoms with E-state index in [1.54, 1.807) is 11.8 Å². The highest BCUT2D eigenvalue weighted by Crippen LogP contribution is 2.33. The number of carbonyl (C=O) groups is 5. The third-order valence-corrected chi connectivity index (χ3v) is 7.45. The van der Waals surface area contributed by atoms with E-state index >= 15 is 0 Å². The van der Waals surface area contributed by atoms with Crippen LogP contribution in [0.5, 0.6) is 0 Å². The van der Waals surface area contributed by atoms with Gasteiger partial charge in [-0.25, -0.2) is 4.79 Å². The average Bonchev–Trinajstić information content (AvgIpc) is 3.25. The average molecular weight is 474 g/mol. The van der Waals surface area contributed by atoms with E-state index in [1.165, 1.54) is 0 Å². The summed E-state index contributed by atoms with van der Waals surface area (Å²) in [4.78, 5) is 57.2. The molecule has 0 aliphatic carbocycles. The van der Waals surface area contributed by atoms with Crippen LogP contribution in [-0.2, 0) is 19.2 Å². The molecule has 0 aromatic carbocycles. The zero-order valence-electron chi connectivity index (χ0n) is 17.8. The van der Waals surface area contributed by atoms with Crippen LogP contribution in [0.3, 0.4) is 0 Å². The van der Waals surface area contributed by atoms with Crippen molar-refractivity contribution in [1.29, 1.82) is 0 Å². The monoisotopic (exact) mass is 473 g/mol. The highest BCUT2D eigenvalue weighted by molar-refractivity contribution is 8.00. The van der Waals surface area contributed by atoms with Gasteiger partial charge in [-0.1, -0.05) is 6.42 Å². The summed E-state index contributed by atoms with van der Waals surface area (Å²) in [7, 11) is 0. The summed E-state index contributed by atoms with van der Waals surface area (Å²) >= 11 is 1.79. The molecule has 2 heterocycles. The van der Waals surface area contributed by atoms with Gasteiger partial charge < -0.3 is 31.3 Å². The number of unbranched alkanes of at least 4 members (excludes halogenated alkanes) is 1. The lowest BCUT2D eigenvalue weighted by Crippen LogP contribution is -2.49. The number of hydrogen-bond acceptors (Lipinski definition) is 6. The minimum atomic E-state index is -1.19. The summed E-state index contributed by atoms with van der Waals surface area (Å²) in [6, 6.07) is 0.0845. The molecule has 0 aromatic rings. The van der Waals surface area contributed by atoms with Crippen molar-refractivity contribution in [2.45, 2.75) is 87.1 Å². The Bertz CT molecular complexity index is 686. The number of aliphatic carboxylic acids is 3. The van der Waals surface area contributed by atoms with Gasteiger partial charge in [0.1, 0.15) is 0 Å². The first-order valence-electron chi connectivity index (χ1n) is 10.8. The molecule has 3 amide bonds. The van der Waals surface area contributed by atoms with E-state index in [9.17, 15) is 24.0 Å². The second-order valence-corrected chi connectivity index (χ2v) is 9.65. The number of carboxylic acid groups (broad SMARTS) is 3. The van der Waals surface area contributed by atoms with Crippen molar-refractivity contribution in [3.05, 3.63) is 0 Å². The molecule has 6 N–H and O–H groups in total. The fourth-order valence-corrected chi connectivity index (χ4v) is 5.78. The van der Waals surface area contributed by atoms with Crippen LogP contribution in [0.1, 0.15) is 64.2 Å². The molecule has 3 atom stereocenters. The highest BCUT2D eigenvalue weighted by atomic mass is 32.2. The molecular formula is C20H31N3O8S. The molecule has 0 aromatic heterocycles. The Morgan fingerprint density at radius 2 is 1.47 bits per heavy atom. The van der Waals surface area contributed by atoms with Crippen molar-refractivity contribution in [1.82, 2.24) is 16.0 Å². The highest BCUT2D eigenvalue weighted by Gasteiger charge is 2.42. The predicted octanol–water partition coefficient (Wildman–Crippen LogP) is 1.16. The fourth-order valence-electron chi connectivity index (χ4n) is 4.23. The van der Waals surface area contributed by atoms with E-state index in [0.29, 0.717) is 6.42 Å². The number of thioether (sulfide) groups is 1. The van der Waals surface area contributed by atoms with Crippen LogP contribution >= 0.6 is 11.8 Å². The first-order chi connectivity index (χ1) is 15.1. The first-order valence-corrected chi connectivity index (χ1v) is 11.8. The molecule has 0 bridgehead atoms. The summed E-state index contributed by atoms with van der Waals surface area (Å²) < 4.78 is 0. The number of urea groups is 1. The molecule has 32 heavy (non-hydrogen) atoms. The largest absolute Gasteiger partial charge is 0.481 e. The number of amides is 3. The number of rotatable bonds is 15. The Labute approximate surface area is 190 Å². The zero-order chi connectivity index (χ0) is 23.7. The molecule has 0 spiro atoms. The van der Waals surface area contributed by atoms with Gasteiger partial charge in [0.05, 0.1) is 12.1 Å². The van der Waals surface area contributed by atoms with E-state index in [2.05, 4.69) is 16.0 Å². The van der Waals surface area contributed by atoms with Gasteiger partial charge in [0.25, 0.3) is 0 Å². The molecule has 180 valence electrons. The van der Waals surface area contributed by atoms with Gasteiger partial charge in [0, 0.05) is 42.2 Å². The number of hydrogen-bond donors (Lipinski definition) is 6. The lowest BCUT2D eigenvalue weighted by atomic mass is 9.83. The Morgan fingerprint density at radius 3 is 2.00 bits per heavy atom. The van der Waals surface area contributed by atoms with Crippen LogP contribution in [0.2, 0.25) is 0 Å². The van der Waals surface area contributed by atoms with E-state index in [4.69, 9.17) is 15.3 Å². The summed E-state index contributed by atoms with van der Waals surface area (Å²) in [5.41, 5.74) is -1.19. The van der Waals surface area contributed by atoms with Gasteiger partial charge in [-0.05, 0) is 32.1 Å². The summed E-state index contributed by atoms with van der Waals surface area (Å²) in [6.07, 6.45) is 1.32. The zero-order valence-corrected chi connectivity index (χ0v) is 18.6. The minimum Gasteiger partial charge on any atom is -0.481 e. The molecule has 2 rings (SSSR count). The summed E-state index contributed by atoms with van der Waals surface area (Å²) in [5, 5.41) is 36.0. The van der Waals surface area contributed by atoms with Crippen molar-refractivity contribution >= 4 is 41.6 Å². The van der Waals surface area contributed by atoms with Crippen LogP contribution in [0.4, 0.5) is 4.79 Å². The molecule has 0 saturated carbocycles. The van der Waals surface area contributed by atoms with Crippen molar-refractivity contribution in [3.8, 4) is 0 Å². The van der Waals surface area contributed by atoms with Gasteiger partial charge in [0.15, 0.2) is 0 Å². The molecule has 2 fully saturated rings. The van der Waals surface area contributed by atoms with Crippen molar-refractivity contribution in [2.75, 3.05) is 5.75 Å². The first kappa shape index (κ1) is 25.8. The Hall–Kier alpha value is -2.50. The van der Waals surface area contributed by atoms with Gasteiger partial charge in [-0.2, -0.15) is 11.8 Å². The maximum atomic E-state index is 12.6. The van der Waals surface area contributed by atoms with Gasteiger partial charge >= 0.3 is 23.9 Å². The second kappa shape index (κ2) is 11.9. The van der Waals surface area contributed by atoms with Crippen LogP contribution in [0.25, 0.3) is 0 Å². The smallest absolute Gasteiger partial charge is 0.315 e. The van der Waals surface area contributed by atoms with Crippen LogP contribution in [-0.4, -0.2) is 73.8 Å². The molecule has 2 aliphatic heterocycles. The van der Waals surface area contributed by atoms with Crippen molar-refractivity contribution < 1.29 is 39.3 Å². The number of carbonyl (C=O) groups excluding carboxylic acids is 2. The normalized spacial score (nSPS) is 22.0. The maximum absolute atomic E-state index is 12.6. The molecule has 2 aliphatic rings. The molecule has 0 unspecified atom stereocenters. The SMILES string of the molecule is O=C(O)CCC(CCC(=O)O)(CCC(=O)O)NC(=O)CCCC[C@@H]1SC[C@@H]2NC(=O)N[C@@H]21. The summed E-state index contributed by atoms with van der Waals surface area (Å²) in [5.74, 6) is -2.80. The van der Waals surface area contributed by atoms with E-state index in [1.807, 2.05) is 0 Å². The number of nitrogens with one attached hydrogen (secondary N) is 3. The van der Waals surface area contributed by atoms with Gasteiger partial charge in [-0.3, -0.25) is 19.2 Å². The number of fused-ring (bicyclic) bond motifs is 1. The molecular weight excluding hydrogens is 442 g/mol. The molecule has 2 saturated heterocycles. The predicted molar refractivity (Wildman–Crippen MR) is 115 cm³/mol. The molecule has 12 heteroatoms. The third kappa shape index (κ3) is 8.21. The lowest BCUT2D eigenvalue weighted by Gasteiger charge is -2.34. The summed E-state index contributed by atoms with van der Waals surface area (Å²) in [6.45, 7) is 0. The Kier molecular flexibility index (Phi) is 9.60. The van der Waals surface area contributed by atoms with Crippen LogP contribution in [0.15, 0.2) is 0 Å². The maximum Gasteiger partial charge on any atom is 0.315 e. The second-order valence-electron chi connectivity index (χ2n) is 8.38. The van der Waals surface area contributed by atoms with E-state index < -0.39 is 23.4 Å². The minimum absolute atomic E-state index is 0.0386. The number of carboxylic acids is 3. The van der Waals surface area contributed by atoms with Gasteiger partial charge in [0.2, 0.25) is 5.91 Å². The molecule has 0 radical (unpaired) electrons. The standard InChI is InChI=1S/C20H31N3O8S/c24-14(4-2-1-3-13-18-12(11-32-13)21-19(31)22-18)23-20(8-5-15(25)26,9-6-16(27)28)10-7-17(29)30/h12-13,18H,1-11H2,(H,23,24)(H,25,26)(H,27,28)(H,29,30)(H2,21,22,31)/t12-,13-,18-/m0/s1. The van der Waals surface area contributed by atoms with Crippen molar-refractivity contribution in [3.63, 3.8) is 0 Å². The lowest BCUT2D eigenvalue weighted by molar-refractivity contribution is -0.139. The quantitative estimate of drug-likeness (QED) is 0.150. The van der Waals surface area contributed by atoms with E-state index in [0.717, 1.165) is 18.6 Å².